The van der Waals surface area contributed by atoms with Gasteiger partial charge in [-0.15, -0.1) is 0 Å². The second kappa shape index (κ2) is 6.67. The smallest absolute Gasteiger partial charge is 0.274 e. The lowest BCUT2D eigenvalue weighted by Crippen LogP contribution is -2.16. The average molecular weight is 349 g/mol. The Morgan fingerprint density at radius 2 is 2.00 bits per heavy atom. The minimum atomic E-state index is -0.255. The minimum Gasteiger partial charge on any atom is -0.368 e. The highest BCUT2D eigenvalue weighted by molar-refractivity contribution is 9.10. The van der Waals surface area contributed by atoms with Gasteiger partial charge in [0.25, 0.3) is 5.91 Å². The van der Waals surface area contributed by atoms with Crippen LogP contribution in [-0.2, 0) is 0 Å². The number of rotatable bonds is 4. The topological polar surface area (TPSA) is 66.9 Å². The summed E-state index contributed by atoms with van der Waals surface area (Å²) < 4.78 is 0.975. The molecule has 0 aliphatic heterocycles. The van der Waals surface area contributed by atoms with E-state index < -0.39 is 0 Å². The lowest BCUT2D eigenvalue weighted by molar-refractivity contribution is 0.102. The van der Waals surface area contributed by atoms with Crippen LogP contribution in [0.1, 0.15) is 29.9 Å². The lowest BCUT2D eigenvalue weighted by atomic mass is 10.2. The molecule has 0 saturated heterocycles. The van der Waals surface area contributed by atoms with Crippen LogP contribution < -0.4 is 10.6 Å². The fourth-order valence-corrected chi connectivity index (χ4v) is 2.29. The number of aryl methyl sites for hydroxylation is 1. The van der Waals surface area contributed by atoms with E-state index in [1.165, 1.54) is 6.33 Å². The van der Waals surface area contributed by atoms with Crippen LogP contribution in [0.15, 0.2) is 35.1 Å². The number of nitrogens with zero attached hydrogens (tertiary/aromatic N) is 2. The lowest BCUT2D eigenvalue weighted by Gasteiger charge is -2.11. The molecule has 0 saturated carbocycles. The Hall–Kier alpha value is -1.95. The van der Waals surface area contributed by atoms with E-state index in [-0.39, 0.29) is 11.9 Å². The van der Waals surface area contributed by atoms with Gasteiger partial charge in [0, 0.05) is 22.3 Å². The number of hydrogen-bond acceptors (Lipinski definition) is 4. The third-order valence-corrected chi connectivity index (χ3v) is 3.27. The van der Waals surface area contributed by atoms with Crippen molar-refractivity contribution in [2.24, 2.45) is 0 Å². The van der Waals surface area contributed by atoms with Crippen molar-refractivity contribution in [3.63, 3.8) is 0 Å². The van der Waals surface area contributed by atoms with Gasteiger partial charge in [0.15, 0.2) is 0 Å². The summed E-state index contributed by atoms with van der Waals surface area (Å²) in [5.41, 5.74) is 2.07. The van der Waals surface area contributed by atoms with Gasteiger partial charge in [0.1, 0.15) is 17.8 Å². The first-order valence-electron chi connectivity index (χ1n) is 6.62. The summed E-state index contributed by atoms with van der Waals surface area (Å²) >= 11 is 3.40. The van der Waals surface area contributed by atoms with Crippen molar-refractivity contribution in [1.29, 1.82) is 0 Å². The van der Waals surface area contributed by atoms with Gasteiger partial charge in [-0.1, -0.05) is 15.9 Å². The summed E-state index contributed by atoms with van der Waals surface area (Å²) in [4.78, 5) is 20.4. The first-order valence-corrected chi connectivity index (χ1v) is 7.41. The standard InChI is InChI=1S/C15H17BrN4O/c1-9(2)19-14-7-13(17-8-18-14)15(21)20-12-5-4-11(16)6-10(12)3/h4-9H,1-3H3,(H,20,21)(H,17,18,19). The molecule has 0 atom stereocenters. The van der Waals surface area contributed by atoms with Gasteiger partial charge in [-0.2, -0.15) is 0 Å². The summed E-state index contributed by atoms with van der Waals surface area (Å²) in [5.74, 6) is 0.382. The van der Waals surface area contributed by atoms with Gasteiger partial charge in [-0.05, 0) is 44.5 Å². The zero-order valence-electron chi connectivity index (χ0n) is 12.1. The van der Waals surface area contributed by atoms with E-state index in [0.717, 1.165) is 15.7 Å². The third-order valence-electron chi connectivity index (χ3n) is 2.77. The number of nitrogens with one attached hydrogen (secondary N) is 2. The zero-order chi connectivity index (χ0) is 15.4. The van der Waals surface area contributed by atoms with Gasteiger partial charge < -0.3 is 10.6 Å². The number of amides is 1. The Balaban J connectivity index is 2.16. The minimum absolute atomic E-state index is 0.240. The van der Waals surface area contributed by atoms with Crippen molar-refractivity contribution in [3.05, 3.63) is 46.3 Å². The number of carbonyl (C=O) groups is 1. The summed E-state index contributed by atoms with van der Waals surface area (Å²) in [6.45, 7) is 5.95. The second-order valence-electron chi connectivity index (χ2n) is 5.00. The SMILES string of the molecule is Cc1cc(Br)ccc1NC(=O)c1cc(NC(C)C)ncn1. The van der Waals surface area contributed by atoms with E-state index in [2.05, 4.69) is 36.5 Å². The highest BCUT2D eigenvalue weighted by Crippen LogP contribution is 2.20. The fraction of sp³-hybridized carbons (Fsp3) is 0.267. The van der Waals surface area contributed by atoms with Crippen LogP contribution in [0.3, 0.4) is 0 Å². The average Bonchev–Trinajstić information content (AvgIpc) is 2.41. The van der Waals surface area contributed by atoms with Crippen LogP contribution in [0, 0.1) is 6.92 Å². The highest BCUT2D eigenvalue weighted by atomic mass is 79.9. The number of hydrogen-bond donors (Lipinski definition) is 2. The van der Waals surface area contributed by atoms with Gasteiger partial charge >= 0.3 is 0 Å². The maximum atomic E-state index is 12.2. The van der Waals surface area contributed by atoms with Crippen molar-refractivity contribution in [3.8, 4) is 0 Å². The molecular weight excluding hydrogens is 332 g/mol. The quantitative estimate of drug-likeness (QED) is 0.885. The fourth-order valence-electron chi connectivity index (χ4n) is 1.81. The number of anilines is 2. The molecule has 2 aromatic rings. The maximum absolute atomic E-state index is 12.2. The second-order valence-corrected chi connectivity index (χ2v) is 5.92. The Kier molecular flexibility index (Phi) is 4.90. The number of carbonyl (C=O) groups excluding carboxylic acids is 1. The van der Waals surface area contributed by atoms with Crippen molar-refractivity contribution in [2.75, 3.05) is 10.6 Å². The molecule has 21 heavy (non-hydrogen) atoms. The van der Waals surface area contributed by atoms with Crippen LogP contribution in [0.5, 0.6) is 0 Å². The number of halogens is 1. The first-order chi connectivity index (χ1) is 9.95. The van der Waals surface area contributed by atoms with E-state index in [0.29, 0.717) is 11.5 Å². The van der Waals surface area contributed by atoms with Crippen molar-refractivity contribution < 1.29 is 4.79 Å². The van der Waals surface area contributed by atoms with E-state index in [1.54, 1.807) is 6.07 Å². The molecule has 0 spiro atoms. The van der Waals surface area contributed by atoms with E-state index in [9.17, 15) is 4.79 Å². The largest absolute Gasteiger partial charge is 0.368 e. The predicted octanol–water partition coefficient (Wildman–Crippen LogP) is 3.62. The van der Waals surface area contributed by atoms with E-state index >= 15 is 0 Å². The normalized spacial score (nSPS) is 10.5. The molecule has 2 N–H and O–H groups in total. The molecule has 0 aliphatic carbocycles. The zero-order valence-corrected chi connectivity index (χ0v) is 13.7. The Morgan fingerprint density at radius 3 is 2.67 bits per heavy atom. The molecule has 0 bridgehead atoms. The van der Waals surface area contributed by atoms with Crippen molar-refractivity contribution in [2.45, 2.75) is 26.8 Å². The van der Waals surface area contributed by atoms with Gasteiger partial charge in [-0.25, -0.2) is 9.97 Å². The third kappa shape index (κ3) is 4.26. The monoisotopic (exact) mass is 348 g/mol. The summed E-state index contributed by atoms with van der Waals surface area (Å²) in [6, 6.07) is 7.56. The summed E-state index contributed by atoms with van der Waals surface area (Å²) in [5, 5.41) is 6.00. The van der Waals surface area contributed by atoms with Crippen LogP contribution >= 0.6 is 15.9 Å². The molecule has 0 unspecified atom stereocenters. The van der Waals surface area contributed by atoms with Gasteiger partial charge in [-0.3, -0.25) is 4.79 Å². The van der Waals surface area contributed by atoms with E-state index in [1.807, 2.05) is 39.0 Å². The maximum Gasteiger partial charge on any atom is 0.274 e. The molecular formula is C15H17BrN4O. The van der Waals surface area contributed by atoms with Crippen molar-refractivity contribution in [1.82, 2.24) is 9.97 Å². The van der Waals surface area contributed by atoms with Gasteiger partial charge in [0.05, 0.1) is 0 Å². The Morgan fingerprint density at radius 1 is 1.24 bits per heavy atom. The molecule has 0 aliphatic rings. The molecule has 1 heterocycles. The molecule has 0 radical (unpaired) electrons. The number of benzene rings is 1. The molecule has 110 valence electrons. The molecule has 1 aromatic carbocycles. The molecule has 1 aromatic heterocycles. The predicted molar refractivity (Wildman–Crippen MR) is 87.6 cm³/mol. The van der Waals surface area contributed by atoms with Crippen LogP contribution in [0.4, 0.5) is 11.5 Å². The van der Waals surface area contributed by atoms with Crippen LogP contribution in [-0.4, -0.2) is 21.9 Å². The molecule has 1 amide bonds. The molecule has 6 heteroatoms. The molecule has 2 rings (SSSR count). The van der Waals surface area contributed by atoms with Crippen molar-refractivity contribution >= 4 is 33.3 Å². The Labute approximate surface area is 132 Å². The molecule has 0 fully saturated rings. The van der Waals surface area contributed by atoms with E-state index in [4.69, 9.17) is 0 Å². The Bertz CT molecular complexity index is 658. The van der Waals surface area contributed by atoms with Crippen LogP contribution in [0.2, 0.25) is 0 Å². The number of aromatic nitrogens is 2. The van der Waals surface area contributed by atoms with Gasteiger partial charge in [0.2, 0.25) is 0 Å². The highest BCUT2D eigenvalue weighted by Gasteiger charge is 2.11. The molecule has 5 nitrogen and oxygen atoms in total. The summed E-state index contributed by atoms with van der Waals surface area (Å²) in [6.07, 6.45) is 1.38. The first kappa shape index (κ1) is 15.4. The van der Waals surface area contributed by atoms with Crippen LogP contribution in [0.25, 0.3) is 0 Å². The summed E-state index contributed by atoms with van der Waals surface area (Å²) in [7, 11) is 0.